The summed E-state index contributed by atoms with van der Waals surface area (Å²) in [4.78, 5) is 50.4. The zero-order valence-corrected chi connectivity index (χ0v) is 36.8. The SMILES string of the molecule is C=CC(=O)OCCCCCCOc1ccc2cc(C(=O)Oc3ccc(OC(=O)c4ccc5cc(OC(=O)C6CC=C(OCCCCOCC7CO7)CC6)ccc5c4)c(C(F)(F)F)c3)ccc2c1. The number of alkyl halides is 3. The molecule has 5 aromatic carbocycles. The Labute approximate surface area is 385 Å². The maximum atomic E-state index is 14.3. The van der Waals surface area contributed by atoms with Crippen molar-refractivity contribution in [1.29, 1.82) is 0 Å². The number of epoxide rings is 1. The molecule has 0 amide bonds. The fourth-order valence-electron chi connectivity index (χ4n) is 7.29. The summed E-state index contributed by atoms with van der Waals surface area (Å²) in [5.74, 6) is -2.42. The number of allylic oxidation sites excluding steroid dienone is 2. The highest BCUT2D eigenvalue weighted by molar-refractivity contribution is 5.98. The number of esters is 4. The van der Waals surface area contributed by atoms with Crippen molar-refractivity contribution in [1.82, 2.24) is 0 Å². The van der Waals surface area contributed by atoms with Gasteiger partial charge in [0.15, 0.2) is 0 Å². The highest BCUT2D eigenvalue weighted by Gasteiger charge is 2.36. The van der Waals surface area contributed by atoms with Crippen LogP contribution in [0.15, 0.2) is 115 Å². The van der Waals surface area contributed by atoms with Gasteiger partial charge in [-0.05, 0) is 146 Å². The van der Waals surface area contributed by atoms with Gasteiger partial charge in [-0.3, -0.25) is 4.79 Å². The molecule has 352 valence electrons. The van der Waals surface area contributed by atoms with Crippen molar-refractivity contribution in [2.45, 2.75) is 70.1 Å². The van der Waals surface area contributed by atoms with Gasteiger partial charge in [0, 0.05) is 19.1 Å². The van der Waals surface area contributed by atoms with E-state index in [2.05, 4.69) is 6.58 Å². The van der Waals surface area contributed by atoms with Crippen molar-refractivity contribution < 1.29 is 70.2 Å². The molecule has 15 heteroatoms. The molecule has 1 aliphatic heterocycles. The zero-order chi connectivity index (χ0) is 47.2. The minimum atomic E-state index is -4.97. The van der Waals surface area contributed by atoms with Crippen LogP contribution in [0.3, 0.4) is 0 Å². The number of carbonyl (C=O) groups is 4. The average Bonchev–Trinajstić information content (AvgIpc) is 4.16. The molecule has 0 aromatic heterocycles. The van der Waals surface area contributed by atoms with Crippen molar-refractivity contribution in [3.63, 3.8) is 0 Å². The second-order valence-electron chi connectivity index (χ2n) is 16.2. The largest absolute Gasteiger partial charge is 0.498 e. The van der Waals surface area contributed by atoms with E-state index in [1.54, 1.807) is 48.5 Å². The second kappa shape index (κ2) is 23.1. The molecule has 2 aliphatic rings. The normalized spacial score (nSPS) is 15.6. The van der Waals surface area contributed by atoms with Gasteiger partial charge in [0.25, 0.3) is 0 Å². The van der Waals surface area contributed by atoms with Crippen molar-refractivity contribution in [3.8, 4) is 23.0 Å². The molecule has 1 aliphatic carbocycles. The van der Waals surface area contributed by atoms with Crippen LogP contribution in [-0.4, -0.2) is 69.6 Å². The van der Waals surface area contributed by atoms with E-state index in [1.807, 2.05) is 12.1 Å². The molecule has 0 N–H and O–H groups in total. The summed E-state index contributed by atoms with van der Waals surface area (Å²) in [5, 5.41) is 2.65. The molecule has 2 unspecified atom stereocenters. The van der Waals surface area contributed by atoms with Gasteiger partial charge in [-0.2, -0.15) is 13.2 Å². The van der Waals surface area contributed by atoms with Gasteiger partial charge in [0.2, 0.25) is 0 Å². The third-order valence-corrected chi connectivity index (χ3v) is 11.1. The lowest BCUT2D eigenvalue weighted by atomic mass is 9.93. The number of hydrogen-bond acceptors (Lipinski definition) is 12. The number of halogens is 3. The molecule has 0 spiro atoms. The first-order valence-corrected chi connectivity index (χ1v) is 22.3. The number of fused-ring (bicyclic) bond motifs is 2. The molecule has 5 aromatic rings. The first-order chi connectivity index (χ1) is 32.4. The van der Waals surface area contributed by atoms with Gasteiger partial charge < -0.3 is 37.9 Å². The van der Waals surface area contributed by atoms with Crippen LogP contribution in [-0.2, 0) is 34.7 Å². The third kappa shape index (κ3) is 14.4. The summed E-state index contributed by atoms with van der Waals surface area (Å²) in [6, 6.07) is 22.0. The van der Waals surface area contributed by atoms with E-state index in [-0.39, 0.29) is 29.1 Å². The Morgan fingerprint density at radius 2 is 1.24 bits per heavy atom. The van der Waals surface area contributed by atoms with Gasteiger partial charge >= 0.3 is 30.1 Å². The fraction of sp³-hybridized carbons (Fsp3) is 0.346. The summed E-state index contributed by atoms with van der Waals surface area (Å²) in [5.41, 5.74) is -1.22. The van der Waals surface area contributed by atoms with Crippen LogP contribution in [0.2, 0.25) is 0 Å². The number of rotatable bonds is 23. The minimum absolute atomic E-state index is 0.0164. The standard InChI is InChI=1S/C52H51F3O12/c1-2-48(56)63-26-6-4-3-5-24-62-42-19-15-35-27-39(11-9-37(35)29-42)50(58)66-44-21-22-47(46(31-44)52(53,54)55)67-51(59)40-12-10-38-30-43(20-16-36(38)28-40)65-49(57)34-13-17-41(18-14-34)61-25-8-7-23-60-32-45-33-64-45/h2,9-12,15-17,19-22,27-31,34,45H,1,3-8,13-14,18,23-26,32-33H2. The number of benzene rings is 5. The van der Waals surface area contributed by atoms with Crippen LogP contribution in [0.5, 0.6) is 23.0 Å². The van der Waals surface area contributed by atoms with Crippen molar-refractivity contribution >= 4 is 45.4 Å². The lowest BCUT2D eigenvalue weighted by Gasteiger charge is -2.21. The lowest BCUT2D eigenvalue weighted by molar-refractivity contribution is -0.140. The molecule has 1 fully saturated rings. The van der Waals surface area contributed by atoms with Gasteiger partial charge in [-0.15, -0.1) is 0 Å². The van der Waals surface area contributed by atoms with Gasteiger partial charge in [0.05, 0.1) is 55.8 Å². The summed E-state index contributed by atoms with van der Waals surface area (Å²) in [6.07, 6.45) is 5.16. The maximum Gasteiger partial charge on any atom is 0.420 e. The number of carbonyl (C=O) groups excluding carboxylic acids is 4. The van der Waals surface area contributed by atoms with E-state index >= 15 is 0 Å². The van der Waals surface area contributed by atoms with Crippen molar-refractivity contribution in [2.75, 3.05) is 39.6 Å². The fourth-order valence-corrected chi connectivity index (χ4v) is 7.29. The summed E-state index contributed by atoms with van der Waals surface area (Å²) < 4.78 is 86.6. The van der Waals surface area contributed by atoms with E-state index in [4.69, 9.17) is 37.9 Å². The predicted octanol–water partition coefficient (Wildman–Crippen LogP) is 10.9. The zero-order valence-electron chi connectivity index (χ0n) is 36.8. The van der Waals surface area contributed by atoms with Gasteiger partial charge in [-0.1, -0.05) is 30.8 Å². The first-order valence-electron chi connectivity index (χ1n) is 22.3. The highest BCUT2D eigenvalue weighted by Crippen LogP contribution is 2.39. The number of unbranched alkanes of at least 4 members (excludes halogenated alkanes) is 4. The molecule has 0 radical (unpaired) electrons. The van der Waals surface area contributed by atoms with Crippen molar-refractivity contribution in [2.24, 2.45) is 5.92 Å². The number of hydrogen-bond donors (Lipinski definition) is 0. The van der Waals surface area contributed by atoms with E-state index in [0.29, 0.717) is 86.0 Å². The van der Waals surface area contributed by atoms with E-state index in [1.165, 1.54) is 18.2 Å². The average molecular weight is 925 g/mol. The summed E-state index contributed by atoms with van der Waals surface area (Å²) >= 11 is 0. The molecule has 1 heterocycles. The van der Waals surface area contributed by atoms with Gasteiger partial charge in [-0.25, -0.2) is 14.4 Å². The lowest BCUT2D eigenvalue weighted by Crippen LogP contribution is -2.22. The Morgan fingerprint density at radius 3 is 1.91 bits per heavy atom. The highest BCUT2D eigenvalue weighted by atomic mass is 19.4. The van der Waals surface area contributed by atoms with E-state index in [9.17, 15) is 32.3 Å². The summed E-state index contributed by atoms with van der Waals surface area (Å²) in [7, 11) is 0. The molecular formula is C52H51F3O12. The first kappa shape index (κ1) is 48.2. The van der Waals surface area contributed by atoms with Crippen LogP contribution in [0.4, 0.5) is 13.2 Å². The Hall–Kier alpha value is -6.71. The molecule has 12 nitrogen and oxygen atoms in total. The monoisotopic (exact) mass is 924 g/mol. The quantitative estimate of drug-likeness (QED) is 0.0202. The van der Waals surface area contributed by atoms with Crippen LogP contribution >= 0.6 is 0 Å². The molecule has 0 saturated carbocycles. The van der Waals surface area contributed by atoms with Crippen LogP contribution in [0, 0.1) is 5.92 Å². The van der Waals surface area contributed by atoms with Crippen molar-refractivity contribution in [3.05, 3.63) is 132 Å². The molecule has 7 rings (SSSR count). The maximum absolute atomic E-state index is 14.3. The predicted molar refractivity (Wildman–Crippen MR) is 241 cm³/mol. The van der Waals surface area contributed by atoms with E-state index in [0.717, 1.165) is 74.5 Å². The Morgan fingerprint density at radius 1 is 0.657 bits per heavy atom. The minimum Gasteiger partial charge on any atom is -0.498 e. The third-order valence-electron chi connectivity index (χ3n) is 11.1. The van der Waals surface area contributed by atoms with Gasteiger partial charge in [0.1, 0.15) is 34.7 Å². The second-order valence-corrected chi connectivity index (χ2v) is 16.2. The Bertz CT molecular complexity index is 2600. The van der Waals surface area contributed by atoms with Crippen LogP contribution in [0.25, 0.3) is 21.5 Å². The Kier molecular flexibility index (Phi) is 16.7. The van der Waals surface area contributed by atoms with Crippen LogP contribution < -0.4 is 18.9 Å². The molecule has 67 heavy (non-hydrogen) atoms. The molecule has 0 bridgehead atoms. The molecule has 2 atom stereocenters. The topological polar surface area (TPSA) is 145 Å². The molecular weight excluding hydrogens is 874 g/mol. The Balaban J connectivity index is 0.884. The number of ether oxygens (including phenoxy) is 8. The van der Waals surface area contributed by atoms with E-state index < -0.39 is 41.1 Å². The summed E-state index contributed by atoms with van der Waals surface area (Å²) in [6.45, 7) is 6.86. The smallest absolute Gasteiger partial charge is 0.420 e. The molecule has 1 saturated heterocycles. The van der Waals surface area contributed by atoms with Crippen LogP contribution in [0.1, 0.15) is 84.1 Å².